The Kier molecular flexibility index (Phi) is 4.71. The van der Waals surface area contributed by atoms with Gasteiger partial charge in [-0.05, 0) is 30.9 Å². The van der Waals surface area contributed by atoms with E-state index >= 15 is 0 Å². The third kappa shape index (κ3) is 4.16. The lowest BCUT2D eigenvalue weighted by atomic mass is 10.1. The molecule has 1 aromatic carbocycles. The Balaban J connectivity index is 1.57. The van der Waals surface area contributed by atoms with E-state index in [-0.39, 0.29) is 24.2 Å². The van der Waals surface area contributed by atoms with Crippen molar-refractivity contribution in [1.82, 2.24) is 4.98 Å². The summed E-state index contributed by atoms with van der Waals surface area (Å²) < 4.78 is 0. The molecule has 1 heterocycles. The third-order valence-electron chi connectivity index (χ3n) is 3.74. The molecule has 1 fully saturated rings. The first-order valence-electron chi connectivity index (χ1n) is 7.78. The number of benzene rings is 1. The van der Waals surface area contributed by atoms with Crippen molar-refractivity contribution in [2.75, 3.05) is 10.6 Å². The van der Waals surface area contributed by atoms with Crippen molar-refractivity contribution in [1.29, 1.82) is 0 Å². The van der Waals surface area contributed by atoms with Crippen LogP contribution in [0, 0.1) is 5.92 Å². The SMILES string of the molecule is CCc1ccccc1NC(=O)Cc1csc(NC(=O)C2CC2)n1. The minimum atomic E-state index is -0.101. The highest BCUT2D eigenvalue weighted by Crippen LogP contribution is 2.30. The van der Waals surface area contributed by atoms with Gasteiger partial charge in [-0.25, -0.2) is 4.98 Å². The number of aromatic nitrogens is 1. The highest BCUT2D eigenvalue weighted by molar-refractivity contribution is 7.13. The monoisotopic (exact) mass is 329 g/mol. The zero-order valence-electron chi connectivity index (χ0n) is 13.0. The van der Waals surface area contributed by atoms with Gasteiger partial charge in [0.1, 0.15) is 0 Å². The molecular formula is C17H19N3O2S. The minimum absolute atomic E-state index is 0.0345. The van der Waals surface area contributed by atoms with Gasteiger partial charge in [-0.2, -0.15) is 0 Å². The Morgan fingerprint density at radius 3 is 2.78 bits per heavy atom. The number of nitrogens with one attached hydrogen (secondary N) is 2. The first kappa shape index (κ1) is 15.7. The maximum Gasteiger partial charge on any atom is 0.230 e. The predicted molar refractivity (Wildman–Crippen MR) is 91.6 cm³/mol. The van der Waals surface area contributed by atoms with E-state index in [0.717, 1.165) is 30.5 Å². The van der Waals surface area contributed by atoms with E-state index in [0.29, 0.717) is 10.8 Å². The summed E-state index contributed by atoms with van der Waals surface area (Å²) in [5, 5.41) is 8.11. The van der Waals surface area contributed by atoms with E-state index in [4.69, 9.17) is 0 Å². The Labute approximate surface area is 139 Å². The van der Waals surface area contributed by atoms with Gasteiger partial charge in [0.25, 0.3) is 0 Å². The first-order chi connectivity index (χ1) is 11.2. The molecule has 2 amide bonds. The van der Waals surface area contributed by atoms with Crippen molar-refractivity contribution in [3.63, 3.8) is 0 Å². The van der Waals surface area contributed by atoms with E-state index in [2.05, 4.69) is 22.5 Å². The van der Waals surface area contributed by atoms with E-state index in [1.165, 1.54) is 11.3 Å². The molecule has 3 rings (SSSR count). The molecule has 5 nitrogen and oxygen atoms in total. The summed E-state index contributed by atoms with van der Waals surface area (Å²) in [6.45, 7) is 2.06. The zero-order chi connectivity index (χ0) is 16.2. The Hall–Kier alpha value is -2.21. The number of rotatable bonds is 6. The van der Waals surface area contributed by atoms with Gasteiger partial charge in [0.05, 0.1) is 12.1 Å². The Bertz CT molecular complexity index is 722. The molecule has 0 saturated heterocycles. The third-order valence-corrected chi connectivity index (χ3v) is 4.55. The summed E-state index contributed by atoms with van der Waals surface area (Å²) in [5.74, 6) is 0.0830. The molecule has 0 spiro atoms. The molecule has 1 aromatic heterocycles. The molecule has 6 heteroatoms. The van der Waals surface area contributed by atoms with Gasteiger partial charge in [-0.3, -0.25) is 9.59 Å². The van der Waals surface area contributed by atoms with Crippen molar-refractivity contribution in [2.24, 2.45) is 5.92 Å². The highest BCUT2D eigenvalue weighted by atomic mass is 32.1. The van der Waals surface area contributed by atoms with Crippen LogP contribution in [0.2, 0.25) is 0 Å². The molecule has 0 atom stereocenters. The molecule has 1 aliphatic carbocycles. The molecule has 0 radical (unpaired) electrons. The number of carbonyl (C=O) groups is 2. The smallest absolute Gasteiger partial charge is 0.230 e. The largest absolute Gasteiger partial charge is 0.325 e. The summed E-state index contributed by atoms with van der Waals surface area (Å²) in [6.07, 6.45) is 2.99. The number of anilines is 2. The van der Waals surface area contributed by atoms with Crippen LogP contribution >= 0.6 is 11.3 Å². The fourth-order valence-electron chi connectivity index (χ4n) is 2.31. The summed E-state index contributed by atoms with van der Waals surface area (Å²) in [7, 11) is 0. The van der Waals surface area contributed by atoms with Crippen molar-refractivity contribution in [3.05, 3.63) is 40.9 Å². The van der Waals surface area contributed by atoms with Gasteiger partial charge < -0.3 is 10.6 Å². The molecule has 0 unspecified atom stereocenters. The standard InChI is InChI=1S/C17H19N3O2S/c1-2-11-5-3-4-6-14(11)19-15(21)9-13-10-23-17(18-13)20-16(22)12-7-8-12/h3-6,10,12H,2,7-9H2,1H3,(H,19,21)(H,18,20,22). The summed E-state index contributed by atoms with van der Waals surface area (Å²) in [4.78, 5) is 28.2. The molecule has 0 aliphatic heterocycles. The number of aryl methyl sites for hydroxylation is 1. The van der Waals surface area contributed by atoms with E-state index in [1.54, 1.807) is 0 Å². The lowest BCUT2D eigenvalue weighted by molar-refractivity contribution is -0.117. The van der Waals surface area contributed by atoms with Crippen LogP contribution in [0.4, 0.5) is 10.8 Å². The fraction of sp³-hybridized carbons (Fsp3) is 0.353. The van der Waals surface area contributed by atoms with Crippen molar-refractivity contribution in [3.8, 4) is 0 Å². The van der Waals surface area contributed by atoms with Crippen molar-refractivity contribution in [2.45, 2.75) is 32.6 Å². The van der Waals surface area contributed by atoms with Crippen LogP contribution in [0.5, 0.6) is 0 Å². The Morgan fingerprint density at radius 2 is 2.04 bits per heavy atom. The first-order valence-corrected chi connectivity index (χ1v) is 8.66. The summed E-state index contributed by atoms with van der Waals surface area (Å²) in [6, 6.07) is 7.77. The van der Waals surface area contributed by atoms with E-state index in [9.17, 15) is 9.59 Å². The molecular weight excluding hydrogens is 310 g/mol. The second kappa shape index (κ2) is 6.91. The second-order valence-corrected chi connectivity index (χ2v) is 6.50. The molecule has 1 aliphatic rings. The maximum absolute atomic E-state index is 12.2. The minimum Gasteiger partial charge on any atom is -0.325 e. The van der Waals surface area contributed by atoms with Gasteiger partial charge in [0.15, 0.2) is 5.13 Å². The van der Waals surface area contributed by atoms with Gasteiger partial charge in [-0.15, -0.1) is 11.3 Å². The number of hydrogen-bond acceptors (Lipinski definition) is 4. The average molecular weight is 329 g/mol. The average Bonchev–Trinajstić information content (AvgIpc) is 3.30. The Morgan fingerprint density at radius 1 is 1.26 bits per heavy atom. The lowest BCUT2D eigenvalue weighted by Crippen LogP contribution is -2.16. The quantitative estimate of drug-likeness (QED) is 0.854. The van der Waals surface area contributed by atoms with Crippen LogP contribution in [0.3, 0.4) is 0 Å². The highest BCUT2D eigenvalue weighted by Gasteiger charge is 2.30. The predicted octanol–water partition coefficient (Wildman–Crippen LogP) is 3.24. The topological polar surface area (TPSA) is 71.1 Å². The molecule has 120 valence electrons. The molecule has 2 N–H and O–H groups in total. The maximum atomic E-state index is 12.2. The van der Waals surface area contributed by atoms with Crippen LogP contribution in [0.25, 0.3) is 0 Å². The molecule has 2 aromatic rings. The number of nitrogens with zero attached hydrogens (tertiary/aromatic N) is 1. The van der Waals surface area contributed by atoms with Gasteiger partial charge >= 0.3 is 0 Å². The van der Waals surface area contributed by atoms with Crippen molar-refractivity contribution >= 4 is 34.0 Å². The summed E-state index contributed by atoms with van der Waals surface area (Å²) in [5.41, 5.74) is 2.63. The summed E-state index contributed by atoms with van der Waals surface area (Å²) >= 11 is 1.36. The van der Waals surface area contributed by atoms with E-state index in [1.807, 2.05) is 29.6 Å². The van der Waals surface area contributed by atoms with Crippen LogP contribution < -0.4 is 10.6 Å². The van der Waals surface area contributed by atoms with Gasteiger partial charge in [0.2, 0.25) is 11.8 Å². The molecule has 23 heavy (non-hydrogen) atoms. The van der Waals surface area contributed by atoms with Crippen molar-refractivity contribution < 1.29 is 9.59 Å². The number of amides is 2. The zero-order valence-corrected chi connectivity index (χ0v) is 13.8. The number of carbonyl (C=O) groups excluding carboxylic acids is 2. The van der Waals surface area contributed by atoms with E-state index < -0.39 is 0 Å². The number of para-hydroxylation sites is 1. The van der Waals surface area contributed by atoms with Crippen LogP contribution in [-0.4, -0.2) is 16.8 Å². The fourth-order valence-corrected chi connectivity index (χ4v) is 3.02. The van der Waals surface area contributed by atoms with Crippen LogP contribution in [-0.2, 0) is 22.4 Å². The molecule has 1 saturated carbocycles. The van der Waals surface area contributed by atoms with Crippen LogP contribution in [0.15, 0.2) is 29.6 Å². The number of hydrogen-bond donors (Lipinski definition) is 2. The lowest BCUT2D eigenvalue weighted by Gasteiger charge is -2.08. The second-order valence-electron chi connectivity index (χ2n) is 5.64. The normalized spacial score (nSPS) is 13.6. The van der Waals surface area contributed by atoms with Crippen LogP contribution in [0.1, 0.15) is 31.0 Å². The number of thiazole rings is 1. The van der Waals surface area contributed by atoms with Gasteiger partial charge in [-0.1, -0.05) is 25.1 Å². The molecule has 0 bridgehead atoms. The van der Waals surface area contributed by atoms with Gasteiger partial charge in [0, 0.05) is 17.0 Å².